The van der Waals surface area contributed by atoms with E-state index >= 15 is 0 Å². The molecule has 19 heavy (non-hydrogen) atoms. The van der Waals surface area contributed by atoms with Gasteiger partial charge in [-0.25, -0.2) is 0 Å². The van der Waals surface area contributed by atoms with Crippen molar-refractivity contribution in [2.24, 2.45) is 5.41 Å². The molecule has 0 saturated heterocycles. The molecule has 0 spiro atoms. The number of amides is 1. The fourth-order valence-electron chi connectivity index (χ4n) is 1.87. The van der Waals surface area contributed by atoms with Crippen molar-refractivity contribution in [3.05, 3.63) is 23.8 Å². The highest BCUT2D eigenvalue weighted by Gasteiger charge is 2.44. The lowest BCUT2D eigenvalue weighted by atomic mass is 10.1. The Morgan fingerprint density at radius 2 is 1.95 bits per heavy atom. The van der Waals surface area contributed by atoms with Crippen LogP contribution in [0, 0.1) is 12.3 Å². The summed E-state index contributed by atoms with van der Waals surface area (Å²) in [6.07, 6.45) is 1.98. The summed E-state index contributed by atoms with van der Waals surface area (Å²) in [5.41, 5.74) is 1.52. The van der Waals surface area contributed by atoms with E-state index in [-0.39, 0.29) is 16.9 Å². The molecule has 0 aromatic heterocycles. The van der Waals surface area contributed by atoms with Gasteiger partial charge in [0.2, 0.25) is 5.91 Å². The highest BCUT2D eigenvalue weighted by molar-refractivity contribution is 5.96. The number of aryl methyl sites for hydroxylation is 1. The van der Waals surface area contributed by atoms with Crippen LogP contribution in [-0.2, 0) is 4.79 Å². The van der Waals surface area contributed by atoms with Gasteiger partial charge in [-0.2, -0.15) is 0 Å². The molecular weight excluding hydrogens is 238 g/mol. The van der Waals surface area contributed by atoms with Crippen LogP contribution in [0.15, 0.2) is 18.2 Å². The van der Waals surface area contributed by atoms with Gasteiger partial charge in [-0.1, -0.05) is 6.92 Å². The van der Waals surface area contributed by atoms with E-state index in [1.54, 1.807) is 0 Å². The van der Waals surface area contributed by atoms with Crippen LogP contribution < -0.4 is 10.1 Å². The maximum Gasteiger partial charge on any atom is 0.230 e. The van der Waals surface area contributed by atoms with Gasteiger partial charge in [0, 0.05) is 11.1 Å². The highest BCUT2D eigenvalue weighted by atomic mass is 16.5. The van der Waals surface area contributed by atoms with E-state index in [9.17, 15) is 4.79 Å². The molecule has 1 aliphatic rings. The van der Waals surface area contributed by atoms with Gasteiger partial charge in [0.15, 0.2) is 0 Å². The third kappa shape index (κ3) is 3.49. The molecule has 1 aliphatic carbocycles. The van der Waals surface area contributed by atoms with Crippen LogP contribution in [0.4, 0.5) is 5.69 Å². The number of benzene rings is 1. The number of ether oxygens (including phenoxy) is 1. The minimum atomic E-state index is -0.211. The number of hydrogen-bond donors (Lipinski definition) is 1. The van der Waals surface area contributed by atoms with Crippen molar-refractivity contribution in [2.45, 2.75) is 53.1 Å². The van der Waals surface area contributed by atoms with E-state index in [1.807, 2.05) is 52.8 Å². The van der Waals surface area contributed by atoms with Gasteiger partial charge >= 0.3 is 0 Å². The molecule has 2 rings (SSSR count). The summed E-state index contributed by atoms with van der Waals surface area (Å²) in [6.45, 7) is 10.1. The van der Waals surface area contributed by atoms with Gasteiger partial charge in [0.25, 0.3) is 0 Å². The molecule has 0 radical (unpaired) electrons. The summed E-state index contributed by atoms with van der Waals surface area (Å²) in [5.74, 6) is 0.986. The third-order valence-electron chi connectivity index (χ3n) is 3.40. The van der Waals surface area contributed by atoms with Gasteiger partial charge in [-0.05, 0) is 64.3 Å². The quantitative estimate of drug-likeness (QED) is 0.895. The Balaban J connectivity index is 2.08. The molecule has 1 aromatic carbocycles. The van der Waals surface area contributed by atoms with Crippen LogP contribution in [0.2, 0.25) is 0 Å². The molecule has 1 aromatic rings. The maximum atomic E-state index is 12.0. The van der Waals surface area contributed by atoms with E-state index in [4.69, 9.17) is 4.74 Å². The first-order valence-electron chi connectivity index (χ1n) is 6.81. The third-order valence-corrected chi connectivity index (χ3v) is 3.40. The summed E-state index contributed by atoms with van der Waals surface area (Å²) < 4.78 is 5.86. The molecule has 0 heterocycles. The summed E-state index contributed by atoms with van der Waals surface area (Å²) in [4.78, 5) is 12.0. The lowest BCUT2D eigenvalue weighted by Gasteiger charge is -2.23. The van der Waals surface area contributed by atoms with Crippen molar-refractivity contribution in [3.8, 4) is 5.75 Å². The van der Waals surface area contributed by atoms with Crippen LogP contribution in [0.3, 0.4) is 0 Å². The molecule has 0 bridgehead atoms. The van der Waals surface area contributed by atoms with Crippen LogP contribution >= 0.6 is 0 Å². The molecule has 1 amide bonds. The molecule has 1 fully saturated rings. The Kier molecular flexibility index (Phi) is 3.33. The van der Waals surface area contributed by atoms with Crippen LogP contribution in [0.5, 0.6) is 5.75 Å². The van der Waals surface area contributed by atoms with Crippen molar-refractivity contribution in [1.29, 1.82) is 0 Å². The molecule has 1 N–H and O–H groups in total. The normalized spacial score (nSPS) is 16.9. The van der Waals surface area contributed by atoms with Gasteiger partial charge < -0.3 is 10.1 Å². The molecule has 1 saturated carbocycles. The number of carbonyl (C=O) groups is 1. The number of carbonyl (C=O) groups excluding carboxylic acids is 1. The summed E-state index contributed by atoms with van der Waals surface area (Å²) in [5, 5.41) is 2.98. The second-order valence-electron chi connectivity index (χ2n) is 6.71. The van der Waals surface area contributed by atoms with Crippen molar-refractivity contribution in [1.82, 2.24) is 0 Å². The molecule has 104 valence electrons. The van der Waals surface area contributed by atoms with Crippen molar-refractivity contribution in [2.75, 3.05) is 5.32 Å². The van der Waals surface area contributed by atoms with Gasteiger partial charge in [-0.15, -0.1) is 0 Å². The molecule has 0 atom stereocenters. The Morgan fingerprint density at radius 3 is 2.42 bits per heavy atom. The zero-order valence-electron chi connectivity index (χ0n) is 12.5. The predicted molar refractivity (Wildman–Crippen MR) is 77.5 cm³/mol. The van der Waals surface area contributed by atoms with Crippen LogP contribution in [-0.4, -0.2) is 11.5 Å². The first-order valence-corrected chi connectivity index (χ1v) is 6.81. The monoisotopic (exact) mass is 261 g/mol. The zero-order valence-corrected chi connectivity index (χ0v) is 12.5. The number of rotatable bonds is 3. The van der Waals surface area contributed by atoms with Crippen molar-refractivity contribution in [3.63, 3.8) is 0 Å². The Bertz CT molecular complexity index is 496. The minimum absolute atomic E-state index is 0.122. The molecule has 0 unspecified atom stereocenters. The van der Waals surface area contributed by atoms with Crippen LogP contribution in [0.1, 0.15) is 46.1 Å². The lowest BCUT2D eigenvalue weighted by Crippen LogP contribution is -2.24. The lowest BCUT2D eigenvalue weighted by molar-refractivity contribution is -0.120. The van der Waals surface area contributed by atoms with Crippen LogP contribution in [0.25, 0.3) is 0 Å². The summed E-state index contributed by atoms with van der Waals surface area (Å²) >= 11 is 0. The molecule has 3 heteroatoms. The zero-order chi connectivity index (χ0) is 14.3. The van der Waals surface area contributed by atoms with E-state index in [2.05, 4.69) is 5.32 Å². The minimum Gasteiger partial charge on any atom is -0.488 e. The fourth-order valence-corrected chi connectivity index (χ4v) is 1.87. The standard InChI is InChI=1S/C16H23NO2/c1-11-10-12(17-14(18)16(5)8-9-16)6-7-13(11)19-15(2,3)4/h6-7,10H,8-9H2,1-5H3,(H,17,18). The molecular formula is C16H23NO2. The average Bonchev–Trinajstić information content (AvgIpc) is 3.00. The first-order chi connectivity index (χ1) is 8.70. The van der Waals surface area contributed by atoms with Gasteiger partial charge in [0.1, 0.15) is 11.4 Å². The first kappa shape index (κ1) is 13.9. The fraction of sp³-hybridized carbons (Fsp3) is 0.562. The second-order valence-corrected chi connectivity index (χ2v) is 6.71. The highest BCUT2D eigenvalue weighted by Crippen LogP contribution is 2.45. The average molecular weight is 261 g/mol. The SMILES string of the molecule is Cc1cc(NC(=O)C2(C)CC2)ccc1OC(C)(C)C. The molecule has 0 aliphatic heterocycles. The van der Waals surface area contributed by atoms with Gasteiger partial charge in [0.05, 0.1) is 0 Å². The molecule has 3 nitrogen and oxygen atoms in total. The van der Waals surface area contributed by atoms with Gasteiger partial charge in [-0.3, -0.25) is 4.79 Å². The van der Waals surface area contributed by atoms with E-state index in [1.165, 1.54) is 0 Å². The van der Waals surface area contributed by atoms with E-state index in [0.717, 1.165) is 29.8 Å². The Morgan fingerprint density at radius 1 is 1.32 bits per heavy atom. The maximum absolute atomic E-state index is 12.0. The van der Waals surface area contributed by atoms with Crippen molar-refractivity contribution >= 4 is 11.6 Å². The topological polar surface area (TPSA) is 38.3 Å². The van der Waals surface area contributed by atoms with E-state index in [0.29, 0.717) is 0 Å². The van der Waals surface area contributed by atoms with E-state index < -0.39 is 0 Å². The number of anilines is 1. The summed E-state index contributed by atoms with van der Waals surface area (Å²) in [7, 11) is 0. The Labute approximate surface area is 115 Å². The Hall–Kier alpha value is -1.51. The second kappa shape index (κ2) is 4.55. The summed E-state index contributed by atoms with van der Waals surface area (Å²) in [6, 6.07) is 5.79. The van der Waals surface area contributed by atoms with Crippen molar-refractivity contribution < 1.29 is 9.53 Å². The number of hydrogen-bond acceptors (Lipinski definition) is 2. The predicted octanol–water partition coefficient (Wildman–Crippen LogP) is 3.91. The number of nitrogens with one attached hydrogen (secondary N) is 1. The largest absolute Gasteiger partial charge is 0.488 e. The smallest absolute Gasteiger partial charge is 0.230 e.